The van der Waals surface area contributed by atoms with E-state index in [1.54, 1.807) is 17.4 Å². The Hall–Kier alpha value is -2.67. The van der Waals surface area contributed by atoms with Gasteiger partial charge in [-0.1, -0.05) is 6.07 Å². The maximum Gasteiger partial charge on any atom is 0.228 e. The Morgan fingerprint density at radius 3 is 2.67 bits per heavy atom. The van der Waals surface area contributed by atoms with Crippen molar-refractivity contribution in [2.24, 2.45) is 5.92 Å². The van der Waals surface area contributed by atoms with Crippen molar-refractivity contribution in [2.45, 2.75) is 19.5 Å². The van der Waals surface area contributed by atoms with Crippen molar-refractivity contribution in [1.29, 1.82) is 0 Å². The number of hydrogen-bond acceptors (Lipinski definition) is 5. The number of piperazine rings is 1. The Bertz CT molecular complexity index is 770. The van der Waals surface area contributed by atoms with Crippen LogP contribution < -0.4 is 0 Å². The molecule has 0 radical (unpaired) electrons. The standard InChI is InChI=1S/C20H24N4O3/c25-19-12-16(13-24(19)14-17-4-1-2-6-21-17)20(26)23-9-7-22(8-10-23)15-18-5-3-11-27-18/h1-6,11,16H,7-10,12-15H2/t16-/m0/s1. The lowest BCUT2D eigenvalue weighted by atomic mass is 10.1. The van der Waals surface area contributed by atoms with Gasteiger partial charge in [0.1, 0.15) is 5.76 Å². The number of rotatable bonds is 5. The van der Waals surface area contributed by atoms with Crippen molar-refractivity contribution in [2.75, 3.05) is 32.7 Å². The molecule has 2 aromatic rings. The monoisotopic (exact) mass is 368 g/mol. The van der Waals surface area contributed by atoms with Crippen LogP contribution in [0.3, 0.4) is 0 Å². The summed E-state index contributed by atoms with van der Waals surface area (Å²) in [6, 6.07) is 9.53. The molecule has 7 nitrogen and oxygen atoms in total. The first-order chi connectivity index (χ1) is 13.2. The molecule has 0 N–H and O–H groups in total. The Labute approximate surface area is 158 Å². The molecule has 2 fully saturated rings. The van der Waals surface area contributed by atoms with Crippen LogP contribution in [0.5, 0.6) is 0 Å². The molecular formula is C20H24N4O3. The number of carbonyl (C=O) groups excluding carboxylic acids is 2. The molecule has 0 bridgehead atoms. The molecule has 2 aliphatic rings. The Morgan fingerprint density at radius 2 is 1.96 bits per heavy atom. The summed E-state index contributed by atoms with van der Waals surface area (Å²) in [5, 5.41) is 0. The first kappa shape index (κ1) is 17.7. The lowest BCUT2D eigenvalue weighted by Gasteiger charge is -2.35. The Kier molecular flexibility index (Phi) is 5.20. The lowest BCUT2D eigenvalue weighted by Crippen LogP contribution is -2.50. The normalized spacial score (nSPS) is 21.0. The number of furan rings is 1. The predicted molar refractivity (Wildman–Crippen MR) is 98.3 cm³/mol. The Balaban J connectivity index is 1.28. The summed E-state index contributed by atoms with van der Waals surface area (Å²) in [5.74, 6) is 0.846. The summed E-state index contributed by atoms with van der Waals surface area (Å²) in [5.41, 5.74) is 0.852. The van der Waals surface area contributed by atoms with Crippen LogP contribution in [0.15, 0.2) is 47.2 Å². The lowest BCUT2D eigenvalue weighted by molar-refractivity contribution is -0.137. The molecule has 2 amide bonds. The van der Waals surface area contributed by atoms with Crippen molar-refractivity contribution in [1.82, 2.24) is 19.7 Å². The van der Waals surface area contributed by atoms with Crippen LogP contribution in [0.4, 0.5) is 0 Å². The van der Waals surface area contributed by atoms with Crippen molar-refractivity contribution >= 4 is 11.8 Å². The molecule has 0 spiro atoms. The van der Waals surface area contributed by atoms with Crippen LogP contribution in [0.2, 0.25) is 0 Å². The molecule has 0 unspecified atom stereocenters. The van der Waals surface area contributed by atoms with Crippen molar-refractivity contribution in [3.63, 3.8) is 0 Å². The summed E-state index contributed by atoms with van der Waals surface area (Å²) < 4.78 is 5.39. The van der Waals surface area contributed by atoms with Crippen LogP contribution in [0, 0.1) is 5.92 Å². The highest BCUT2D eigenvalue weighted by Crippen LogP contribution is 2.22. The number of likely N-dealkylation sites (tertiary alicyclic amines) is 1. The molecule has 142 valence electrons. The molecule has 2 saturated heterocycles. The smallest absolute Gasteiger partial charge is 0.228 e. The molecule has 1 atom stereocenters. The number of amides is 2. The highest BCUT2D eigenvalue weighted by atomic mass is 16.3. The third kappa shape index (κ3) is 4.19. The van der Waals surface area contributed by atoms with E-state index in [-0.39, 0.29) is 17.7 Å². The number of hydrogen-bond donors (Lipinski definition) is 0. The predicted octanol–water partition coefficient (Wildman–Crippen LogP) is 1.37. The fourth-order valence-corrected chi connectivity index (χ4v) is 3.79. The van der Waals surface area contributed by atoms with Crippen LogP contribution in [-0.2, 0) is 22.7 Å². The van der Waals surface area contributed by atoms with E-state index in [9.17, 15) is 9.59 Å². The maximum atomic E-state index is 12.9. The third-order valence-corrected chi connectivity index (χ3v) is 5.29. The van der Waals surface area contributed by atoms with Gasteiger partial charge < -0.3 is 14.2 Å². The van der Waals surface area contributed by atoms with Crippen LogP contribution in [-0.4, -0.2) is 64.2 Å². The fourth-order valence-electron chi connectivity index (χ4n) is 3.79. The summed E-state index contributed by atoms with van der Waals surface area (Å²) in [6.45, 7) is 4.78. The van der Waals surface area contributed by atoms with Crippen LogP contribution >= 0.6 is 0 Å². The number of carbonyl (C=O) groups is 2. The molecule has 4 heterocycles. The topological polar surface area (TPSA) is 69.9 Å². The van der Waals surface area contributed by atoms with E-state index in [2.05, 4.69) is 9.88 Å². The average Bonchev–Trinajstić information content (AvgIpc) is 3.33. The van der Waals surface area contributed by atoms with E-state index in [0.717, 1.165) is 31.1 Å². The minimum atomic E-state index is -0.238. The second-order valence-electron chi connectivity index (χ2n) is 7.18. The van der Waals surface area contributed by atoms with E-state index in [1.807, 2.05) is 35.2 Å². The zero-order valence-corrected chi connectivity index (χ0v) is 15.3. The van der Waals surface area contributed by atoms with Crippen molar-refractivity contribution in [3.05, 3.63) is 54.2 Å². The van der Waals surface area contributed by atoms with Gasteiger partial charge in [0.25, 0.3) is 0 Å². The number of aromatic nitrogens is 1. The van der Waals surface area contributed by atoms with Crippen molar-refractivity contribution in [3.8, 4) is 0 Å². The largest absolute Gasteiger partial charge is 0.468 e. The van der Waals surface area contributed by atoms with Gasteiger partial charge in [-0.05, 0) is 24.3 Å². The van der Waals surface area contributed by atoms with E-state index >= 15 is 0 Å². The maximum absolute atomic E-state index is 12.9. The zero-order valence-electron chi connectivity index (χ0n) is 15.3. The van der Waals surface area contributed by atoms with Gasteiger partial charge in [0, 0.05) is 45.3 Å². The fraction of sp³-hybridized carbons (Fsp3) is 0.450. The number of nitrogens with zero attached hydrogens (tertiary/aromatic N) is 4. The van der Waals surface area contributed by atoms with Gasteiger partial charge in [-0.25, -0.2) is 0 Å². The third-order valence-electron chi connectivity index (χ3n) is 5.29. The van der Waals surface area contributed by atoms with Crippen LogP contribution in [0.25, 0.3) is 0 Å². The van der Waals surface area contributed by atoms with Gasteiger partial charge in [0.2, 0.25) is 11.8 Å². The highest BCUT2D eigenvalue weighted by Gasteiger charge is 2.37. The van der Waals surface area contributed by atoms with E-state index in [0.29, 0.717) is 32.6 Å². The minimum absolute atomic E-state index is 0.0375. The summed E-state index contributed by atoms with van der Waals surface area (Å²) in [6.07, 6.45) is 3.71. The van der Waals surface area contributed by atoms with E-state index < -0.39 is 0 Å². The average molecular weight is 368 g/mol. The van der Waals surface area contributed by atoms with Gasteiger partial charge in [-0.2, -0.15) is 0 Å². The second kappa shape index (κ2) is 7.92. The summed E-state index contributed by atoms with van der Waals surface area (Å²) in [4.78, 5) is 35.4. The van der Waals surface area contributed by atoms with Crippen molar-refractivity contribution < 1.29 is 14.0 Å². The summed E-state index contributed by atoms with van der Waals surface area (Å²) >= 11 is 0. The molecule has 7 heteroatoms. The molecule has 0 saturated carbocycles. The Morgan fingerprint density at radius 1 is 1.11 bits per heavy atom. The molecule has 2 aromatic heterocycles. The second-order valence-corrected chi connectivity index (χ2v) is 7.18. The quantitative estimate of drug-likeness (QED) is 0.797. The van der Waals surface area contributed by atoms with Gasteiger partial charge in [0.05, 0.1) is 31.0 Å². The summed E-state index contributed by atoms with van der Waals surface area (Å²) in [7, 11) is 0. The van der Waals surface area contributed by atoms with Gasteiger partial charge in [-0.15, -0.1) is 0 Å². The molecule has 4 rings (SSSR count). The first-order valence-electron chi connectivity index (χ1n) is 9.40. The first-order valence-corrected chi connectivity index (χ1v) is 9.40. The molecular weight excluding hydrogens is 344 g/mol. The van der Waals surface area contributed by atoms with E-state index in [4.69, 9.17) is 4.42 Å². The minimum Gasteiger partial charge on any atom is -0.468 e. The van der Waals surface area contributed by atoms with Crippen LogP contribution in [0.1, 0.15) is 17.9 Å². The van der Waals surface area contributed by atoms with E-state index in [1.165, 1.54) is 0 Å². The molecule has 2 aliphatic heterocycles. The SMILES string of the molecule is O=C1C[C@H](C(=O)N2CCN(Cc3ccco3)CC2)CN1Cc1ccccn1. The van der Waals surface area contributed by atoms with Gasteiger partial charge in [-0.3, -0.25) is 19.5 Å². The molecule has 27 heavy (non-hydrogen) atoms. The number of pyridine rings is 1. The molecule has 0 aromatic carbocycles. The van der Waals surface area contributed by atoms with Gasteiger partial charge in [0.15, 0.2) is 0 Å². The highest BCUT2D eigenvalue weighted by molar-refractivity contribution is 5.89. The molecule has 0 aliphatic carbocycles. The van der Waals surface area contributed by atoms with Gasteiger partial charge >= 0.3 is 0 Å². The zero-order chi connectivity index (χ0) is 18.6.